The van der Waals surface area contributed by atoms with E-state index in [0.29, 0.717) is 0 Å². The van der Waals surface area contributed by atoms with E-state index >= 15 is 0 Å². The van der Waals surface area contributed by atoms with Crippen LogP contribution in [0.1, 0.15) is 27.2 Å². The summed E-state index contributed by atoms with van der Waals surface area (Å²) in [6.07, 6.45) is 1.41. The van der Waals surface area contributed by atoms with E-state index < -0.39 is 0 Å². The van der Waals surface area contributed by atoms with Crippen LogP contribution in [0.3, 0.4) is 0 Å². The molecular formula is C14H29N3. The summed E-state index contributed by atoms with van der Waals surface area (Å²) in [5.74, 6) is 1.74. The average Bonchev–Trinajstić information content (AvgIpc) is 2.33. The molecule has 2 rings (SSSR count). The van der Waals surface area contributed by atoms with Crippen LogP contribution in [0.15, 0.2) is 0 Å². The van der Waals surface area contributed by atoms with Gasteiger partial charge in [-0.1, -0.05) is 13.8 Å². The predicted octanol–water partition coefficient (Wildman–Crippen LogP) is 1.26. The molecule has 3 unspecified atom stereocenters. The first-order valence-corrected chi connectivity index (χ1v) is 7.34. The lowest BCUT2D eigenvalue weighted by atomic mass is 9.86. The number of piperazine rings is 1. The SMILES string of the molecule is CC1CC(C)C(C)N(CCN2CCNCC2)C1. The Morgan fingerprint density at radius 1 is 1.06 bits per heavy atom. The average molecular weight is 239 g/mol. The van der Waals surface area contributed by atoms with Gasteiger partial charge in [-0.15, -0.1) is 0 Å². The van der Waals surface area contributed by atoms with Crippen molar-refractivity contribution in [1.82, 2.24) is 15.1 Å². The number of hydrogen-bond acceptors (Lipinski definition) is 3. The summed E-state index contributed by atoms with van der Waals surface area (Å²) in [5.41, 5.74) is 0. The van der Waals surface area contributed by atoms with E-state index in [0.717, 1.165) is 17.9 Å². The lowest BCUT2D eigenvalue weighted by molar-refractivity contribution is 0.0669. The molecule has 0 amide bonds. The Morgan fingerprint density at radius 3 is 2.47 bits per heavy atom. The smallest absolute Gasteiger partial charge is 0.0112 e. The van der Waals surface area contributed by atoms with E-state index in [4.69, 9.17) is 0 Å². The summed E-state index contributed by atoms with van der Waals surface area (Å²) in [6, 6.07) is 0.772. The zero-order valence-electron chi connectivity index (χ0n) is 11.8. The van der Waals surface area contributed by atoms with Gasteiger partial charge < -0.3 is 5.32 Å². The lowest BCUT2D eigenvalue weighted by Crippen LogP contribution is -2.51. The summed E-state index contributed by atoms with van der Waals surface area (Å²) in [6.45, 7) is 15.8. The molecule has 3 nitrogen and oxygen atoms in total. The molecule has 2 aliphatic rings. The third-order valence-electron chi connectivity index (χ3n) is 4.63. The maximum absolute atomic E-state index is 3.42. The van der Waals surface area contributed by atoms with Gasteiger partial charge in [0.2, 0.25) is 0 Å². The first-order chi connectivity index (χ1) is 8.16. The van der Waals surface area contributed by atoms with Crippen molar-refractivity contribution < 1.29 is 0 Å². The van der Waals surface area contributed by atoms with Crippen LogP contribution in [-0.4, -0.2) is 61.7 Å². The van der Waals surface area contributed by atoms with E-state index in [1.807, 2.05) is 0 Å². The van der Waals surface area contributed by atoms with Crippen LogP contribution in [-0.2, 0) is 0 Å². The minimum absolute atomic E-state index is 0.772. The van der Waals surface area contributed by atoms with E-state index in [1.165, 1.54) is 52.2 Å². The van der Waals surface area contributed by atoms with Crippen LogP contribution in [0.2, 0.25) is 0 Å². The molecule has 0 saturated carbocycles. The second-order valence-electron chi connectivity index (χ2n) is 6.15. The van der Waals surface area contributed by atoms with Crippen molar-refractivity contribution in [2.45, 2.75) is 33.2 Å². The van der Waals surface area contributed by atoms with Gasteiger partial charge in [0.1, 0.15) is 0 Å². The fraction of sp³-hybridized carbons (Fsp3) is 1.00. The monoisotopic (exact) mass is 239 g/mol. The second-order valence-corrected chi connectivity index (χ2v) is 6.15. The third-order valence-corrected chi connectivity index (χ3v) is 4.63. The zero-order chi connectivity index (χ0) is 12.3. The van der Waals surface area contributed by atoms with Crippen LogP contribution >= 0.6 is 0 Å². The van der Waals surface area contributed by atoms with Gasteiger partial charge >= 0.3 is 0 Å². The molecule has 17 heavy (non-hydrogen) atoms. The molecule has 0 aromatic carbocycles. The molecule has 1 N–H and O–H groups in total. The minimum atomic E-state index is 0.772. The molecule has 3 atom stereocenters. The molecule has 2 aliphatic heterocycles. The molecule has 0 aliphatic carbocycles. The number of nitrogens with zero attached hydrogens (tertiary/aromatic N) is 2. The quantitative estimate of drug-likeness (QED) is 0.800. The Bertz CT molecular complexity index is 226. The highest BCUT2D eigenvalue weighted by molar-refractivity contribution is 4.82. The summed E-state index contributed by atoms with van der Waals surface area (Å²) in [5, 5.41) is 3.42. The highest BCUT2D eigenvalue weighted by atomic mass is 15.2. The van der Waals surface area contributed by atoms with Crippen molar-refractivity contribution in [3.8, 4) is 0 Å². The molecule has 0 spiro atoms. The summed E-state index contributed by atoms with van der Waals surface area (Å²) in [7, 11) is 0. The molecule has 0 radical (unpaired) electrons. The van der Waals surface area contributed by atoms with Crippen LogP contribution < -0.4 is 5.32 Å². The van der Waals surface area contributed by atoms with Crippen molar-refractivity contribution >= 4 is 0 Å². The Labute approximate surface area is 107 Å². The van der Waals surface area contributed by atoms with Crippen LogP contribution in [0.5, 0.6) is 0 Å². The van der Waals surface area contributed by atoms with Gasteiger partial charge in [-0.05, 0) is 25.2 Å². The molecule has 0 aromatic rings. The number of hydrogen-bond donors (Lipinski definition) is 1. The van der Waals surface area contributed by atoms with Gasteiger partial charge in [-0.2, -0.15) is 0 Å². The first-order valence-electron chi connectivity index (χ1n) is 7.34. The summed E-state index contributed by atoms with van der Waals surface area (Å²) < 4.78 is 0. The van der Waals surface area contributed by atoms with Crippen LogP contribution in [0.4, 0.5) is 0 Å². The zero-order valence-corrected chi connectivity index (χ0v) is 11.8. The van der Waals surface area contributed by atoms with E-state index in [9.17, 15) is 0 Å². The normalized spacial score (nSPS) is 37.2. The first kappa shape index (κ1) is 13.3. The molecule has 3 heteroatoms. The lowest BCUT2D eigenvalue weighted by Gasteiger charge is -2.42. The summed E-state index contributed by atoms with van der Waals surface area (Å²) >= 11 is 0. The van der Waals surface area contributed by atoms with Crippen molar-refractivity contribution in [1.29, 1.82) is 0 Å². The molecule has 2 fully saturated rings. The third kappa shape index (κ3) is 3.67. The topological polar surface area (TPSA) is 18.5 Å². The largest absolute Gasteiger partial charge is 0.314 e. The van der Waals surface area contributed by atoms with Crippen LogP contribution in [0, 0.1) is 11.8 Å². The highest BCUT2D eigenvalue weighted by Gasteiger charge is 2.28. The summed E-state index contributed by atoms with van der Waals surface area (Å²) in [4.78, 5) is 5.31. The van der Waals surface area contributed by atoms with Crippen molar-refractivity contribution in [3.63, 3.8) is 0 Å². The standard InChI is InChI=1S/C14H29N3/c1-12-10-13(2)14(3)17(11-12)9-8-16-6-4-15-5-7-16/h12-15H,4-11H2,1-3H3. The Kier molecular flexibility index (Phi) is 4.83. The van der Waals surface area contributed by atoms with Gasteiger partial charge in [-0.25, -0.2) is 0 Å². The Hall–Kier alpha value is -0.120. The van der Waals surface area contributed by atoms with Crippen molar-refractivity contribution in [2.24, 2.45) is 11.8 Å². The van der Waals surface area contributed by atoms with Gasteiger partial charge in [0.05, 0.1) is 0 Å². The van der Waals surface area contributed by atoms with E-state index in [1.54, 1.807) is 0 Å². The fourth-order valence-corrected chi connectivity index (χ4v) is 3.33. The number of rotatable bonds is 3. The maximum atomic E-state index is 3.42. The van der Waals surface area contributed by atoms with Gasteiger partial charge in [0, 0.05) is 51.9 Å². The molecule has 0 bridgehead atoms. The fourth-order valence-electron chi connectivity index (χ4n) is 3.33. The number of nitrogens with one attached hydrogen (secondary N) is 1. The van der Waals surface area contributed by atoms with Crippen LogP contribution in [0.25, 0.3) is 0 Å². The number of likely N-dealkylation sites (tertiary alicyclic amines) is 1. The minimum Gasteiger partial charge on any atom is -0.314 e. The molecular weight excluding hydrogens is 210 g/mol. The Morgan fingerprint density at radius 2 is 1.76 bits per heavy atom. The highest BCUT2D eigenvalue weighted by Crippen LogP contribution is 2.26. The van der Waals surface area contributed by atoms with Crippen molar-refractivity contribution in [2.75, 3.05) is 45.8 Å². The van der Waals surface area contributed by atoms with Gasteiger partial charge in [-0.3, -0.25) is 9.80 Å². The van der Waals surface area contributed by atoms with Crippen molar-refractivity contribution in [3.05, 3.63) is 0 Å². The maximum Gasteiger partial charge on any atom is 0.0112 e. The molecule has 2 saturated heterocycles. The molecule has 100 valence electrons. The Balaban J connectivity index is 1.76. The second kappa shape index (κ2) is 6.17. The molecule has 2 heterocycles. The van der Waals surface area contributed by atoms with E-state index in [-0.39, 0.29) is 0 Å². The van der Waals surface area contributed by atoms with E-state index in [2.05, 4.69) is 35.9 Å². The predicted molar refractivity (Wildman–Crippen MR) is 73.3 cm³/mol. The van der Waals surface area contributed by atoms with Gasteiger partial charge in [0.25, 0.3) is 0 Å². The number of piperidine rings is 1. The van der Waals surface area contributed by atoms with Gasteiger partial charge in [0.15, 0.2) is 0 Å². The molecule has 0 aromatic heterocycles.